The summed E-state index contributed by atoms with van der Waals surface area (Å²) in [6.07, 6.45) is 0. The maximum absolute atomic E-state index is 12.7. The Morgan fingerprint density at radius 2 is 1.51 bits per heavy atom. The topological polar surface area (TPSA) is 128 Å². The number of rotatable bonds is 8. The van der Waals surface area contributed by atoms with Crippen molar-refractivity contribution < 1.29 is 26.0 Å². The summed E-state index contributed by atoms with van der Waals surface area (Å²) in [5.74, 6) is 0.845. The van der Waals surface area contributed by atoms with Gasteiger partial charge in [0.1, 0.15) is 15.5 Å². The van der Waals surface area contributed by atoms with E-state index in [4.69, 9.17) is 20.8 Å². The smallest absolute Gasteiger partial charge is 0.271 e. The van der Waals surface area contributed by atoms with E-state index in [2.05, 4.69) is 14.4 Å². The molecule has 0 aliphatic heterocycles. The number of ether oxygens (including phenoxy) is 1. The van der Waals surface area contributed by atoms with Gasteiger partial charge < -0.3 is 9.15 Å². The van der Waals surface area contributed by atoms with E-state index in [1.807, 2.05) is 0 Å². The van der Waals surface area contributed by atoms with Crippen LogP contribution in [0.1, 0.15) is 0 Å². The van der Waals surface area contributed by atoms with Crippen molar-refractivity contribution in [3.05, 3.63) is 83.2 Å². The summed E-state index contributed by atoms with van der Waals surface area (Å²) in [6, 6.07) is 20.3. The molecular weight excluding hydrogens is 558 g/mol. The highest BCUT2D eigenvalue weighted by Crippen LogP contribution is 2.30. The van der Waals surface area contributed by atoms with Crippen molar-refractivity contribution in [2.75, 3.05) is 16.6 Å². The van der Waals surface area contributed by atoms with E-state index in [0.29, 0.717) is 44.0 Å². The van der Waals surface area contributed by atoms with Gasteiger partial charge >= 0.3 is 0 Å². The Morgan fingerprint density at radius 3 is 2.16 bits per heavy atom. The van der Waals surface area contributed by atoms with Crippen LogP contribution in [-0.4, -0.2) is 28.9 Å². The van der Waals surface area contributed by atoms with E-state index in [-0.39, 0.29) is 9.10 Å². The zero-order chi connectivity index (χ0) is 26.2. The van der Waals surface area contributed by atoms with Crippen molar-refractivity contribution in [1.29, 1.82) is 0 Å². The van der Waals surface area contributed by atoms with Gasteiger partial charge in [-0.3, -0.25) is 9.44 Å². The van der Waals surface area contributed by atoms with Gasteiger partial charge in [-0.1, -0.05) is 11.6 Å². The number of halogens is 1. The lowest BCUT2D eigenvalue weighted by molar-refractivity contribution is 0.414. The molecule has 0 amide bonds. The van der Waals surface area contributed by atoms with E-state index in [1.54, 1.807) is 54.6 Å². The van der Waals surface area contributed by atoms with Crippen molar-refractivity contribution in [2.45, 2.75) is 9.10 Å². The molecule has 9 nitrogen and oxygen atoms in total. The molecule has 2 heterocycles. The summed E-state index contributed by atoms with van der Waals surface area (Å²) < 4.78 is 66.9. The Bertz CT molecular complexity index is 1800. The molecule has 0 saturated carbocycles. The largest absolute Gasteiger partial charge is 0.497 e. The summed E-state index contributed by atoms with van der Waals surface area (Å²) in [7, 11) is -6.07. The average Bonchev–Trinajstić information content (AvgIpc) is 3.50. The molecular formula is C24H18ClN3O6S3. The predicted octanol–water partition coefficient (Wildman–Crippen LogP) is 5.82. The summed E-state index contributed by atoms with van der Waals surface area (Å²) in [6.45, 7) is 0. The third kappa shape index (κ3) is 5.42. The summed E-state index contributed by atoms with van der Waals surface area (Å²) in [5.41, 5.74) is 2.20. The van der Waals surface area contributed by atoms with E-state index >= 15 is 0 Å². The number of aromatic nitrogens is 1. The predicted molar refractivity (Wildman–Crippen MR) is 143 cm³/mol. The number of oxazole rings is 1. The molecule has 13 heteroatoms. The number of nitrogens with zero attached hydrogens (tertiary/aromatic N) is 1. The number of thiophene rings is 1. The molecule has 2 N–H and O–H groups in total. The fourth-order valence-electron chi connectivity index (χ4n) is 3.41. The number of hydrogen-bond acceptors (Lipinski definition) is 8. The first-order chi connectivity index (χ1) is 17.6. The monoisotopic (exact) mass is 575 g/mol. The summed E-state index contributed by atoms with van der Waals surface area (Å²) >= 11 is 6.81. The van der Waals surface area contributed by atoms with Gasteiger partial charge in [-0.25, -0.2) is 21.8 Å². The summed E-state index contributed by atoms with van der Waals surface area (Å²) in [5, 5.41) is 0. The van der Waals surface area contributed by atoms with E-state index in [1.165, 1.54) is 31.4 Å². The molecule has 0 unspecified atom stereocenters. The number of methoxy groups -OCH3 is 1. The fourth-order valence-corrected chi connectivity index (χ4v) is 7.00. The molecule has 0 bridgehead atoms. The lowest BCUT2D eigenvalue weighted by Gasteiger charge is -2.08. The quantitative estimate of drug-likeness (QED) is 0.238. The highest BCUT2D eigenvalue weighted by atomic mass is 35.5. The average molecular weight is 576 g/mol. The van der Waals surface area contributed by atoms with E-state index in [0.717, 1.165) is 11.3 Å². The van der Waals surface area contributed by atoms with Crippen molar-refractivity contribution in [2.24, 2.45) is 0 Å². The number of sulfonamides is 2. The molecule has 0 aliphatic rings. The number of anilines is 2. The van der Waals surface area contributed by atoms with Crippen molar-refractivity contribution in [3.63, 3.8) is 0 Å². The van der Waals surface area contributed by atoms with Gasteiger partial charge in [0.15, 0.2) is 5.58 Å². The minimum Gasteiger partial charge on any atom is -0.497 e. The highest BCUT2D eigenvalue weighted by Gasteiger charge is 2.18. The third-order valence-electron chi connectivity index (χ3n) is 5.21. The molecule has 190 valence electrons. The molecule has 0 atom stereocenters. The minimum atomic E-state index is -3.82. The number of nitrogens with one attached hydrogen (secondary N) is 2. The zero-order valence-corrected chi connectivity index (χ0v) is 22.2. The van der Waals surface area contributed by atoms with Crippen LogP contribution >= 0.6 is 22.9 Å². The van der Waals surface area contributed by atoms with Crippen LogP contribution in [0.3, 0.4) is 0 Å². The number of fused-ring (bicyclic) bond motifs is 1. The van der Waals surface area contributed by atoms with E-state index in [9.17, 15) is 16.8 Å². The van der Waals surface area contributed by atoms with Crippen molar-refractivity contribution in [1.82, 2.24) is 4.98 Å². The van der Waals surface area contributed by atoms with Crippen molar-refractivity contribution in [3.8, 4) is 17.2 Å². The van der Waals surface area contributed by atoms with Gasteiger partial charge in [-0.05, 0) is 78.9 Å². The van der Waals surface area contributed by atoms with Crippen LogP contribution in [0.5, 0.6) is 5.75 Å². The second-order valence-electron chi connectivity index (χ2n) is 7.72. The standard InChI is InChI=1S/C24H18ClN3O6S3/c1-33-18-7-9-19(10-8-18)36(29,30)28-17-6-11-21-20(14-17)26-24(34-21)15-2-4-16(5-3-15)27-37(31,32)23-13-12-22(25)35-23/h2-14,27-28H,1H3. The Labute approximate surface area is 221 Å². The third-order valence-corrected chi connectivity index (χ3v) is 9.71. The Kier molecular flexibility index (Phi) is 6.58. The van der Waals surface area contributed by atoms with Gasteiger partial charge in [0.05, 0.1) is 22.0 Å². The van der Waals surface area contributed by atoms with Crippen LogP contribution in [0.2, 0.25) is 4.34 Å². The Balaban J connectivity index is 1.34. The molecule has 0 spiro atoms. The van der Waals surface area contributed by atoms with Crippen molar-refractivity contribution >= 4 is 65.5 Å². The molecule has 0 radical (unpaired) electrons. The number of hydrogen-bond donors (Lipinski definition) is 2. The zero-order valence-electron chi connectivity index (χ0n) is 19.0. The van der Waals surface area contributed by atoms with Crippen LogP contribution in [-0.2, 0) is 20.0 Å². The van der Waals surface area contributed by atoms with Crippen LogP contribution in [0, 0.1) is 0 Å². The SMILES string of the molecule is COc1ccc(S(=O)(=O)Nc2ccc3oc(-c4ccc(NS(=O)(=O)c5ccc(Cl)s5)cc4)nc3c2)cc1. The molecule has 0 aliphatic carbocycles. The molecule has 0 saturated heterocycles. The molecule has 2 aromatic heterocycles. The lowest BCUT2D eigenvalue weighted by Crippen LogP contribution is -2.12. The highest BCUT2D eigenvalue weighted by molar-refractivity contribution is 7.94. The van der Waals surface area contributed by atoms with Crippen LogP contribution in [0.4, 0.5) is 11.4 Å². The first kappa shape index (κ1) is 25.1. The Morgan fingerprint density at radius 1 is 0.838 bits per heavy atom. The molecule has 5 aromatic rings. The summed E-state index contributed by atoms with van der Waals surface area (Å²) in [4.78, 5) is 4.54. The normalized spacial score (nSPS) is 11.9. The first-order valence-electron chi connectivity index (χ1n) is 10.6. The van der Waals surface area contributed by atoms with Gasteiger partial charge in [0, 0.05) is 11.3 Å². The molecule has 37 heavy (non-hydrogen) atoms. The molecule has 5 rings (SSSR count). The molecule has 3 aromatic carbocycles. The second-order valence-corrected chi connectivity index (χ2v) is 13.0. The maximum Gasteiger partial charge on any atom is 0.271 e. The second kappa shape index (κ2) is 9.71. The van der Waals surface area contributed by atoms with Gasteiger partial charge in [-0.2, -0.15) is 0 Å². The minimum absolute atomic E-state index is 0.0899. The fraction of sp³-hybridized carbons (Fsp3) is 0.0417. The van der Waals surface area contributed by atoms with Gasteiger partial charge in [0.25, 0.3) is 20.0 Å². The first-order valence-corrected chi connectivity index (χ1v) is 14.8. The molecule has 0 fully saturated rings. The van der Waals surface area contributed by atoms with Gasteiger partial charge in [-0.15, -0.1) is 11.3 Å². The lowest BCUT2D eigenvalue weighted by atomic mass is 10.2. The van der Waals surface area contributed by atoms with Gasteiger partial charge in [0.2, 0.25) is 5.89 Å². The van der Waals surface area contributed by atoms with Crippen LogP contribution < -0.4 is 14.2 Å². The van der Waals surface area contributed by atoms with Crippen LogP contribution in [0.15, 0.2) is 92.4 Å². The van der Waals surface area contributed by atoms with E-state index < -0.39 is 20.0 Å². The van der Waals surface area contributed by atoms with Crippen LogP contribution in [0.25, 0.3) is 22.6 Å². The number of benzene rings is 3. The Hall–Kier alpha value is -3.58. The maximum atomic E-state index is 12.7.